The first kappa shape index (κ1) is 22.1. The number of allylic oxidation sites excluding steroid dienone is 2. The lowest BCUT2D eigenvalue weighted by Gasteiger charge is -2.29. The molecule has 1 aromatic rings. The number of hydrogen-bond acceptors (Lipinski definition) is 1. The number of unbranched alkanes of at least 4 members (excludes halogenated alkanes) is 1. The number of aryl methyl sites for hydroxylation is 1. The monoisotopic (exact) mass is 395 g/mol. The lowest BCUT2D eigenvalue weighted by molar-refractivity contribution is 0.272. The fourth-order valence-corrected chi connectivity index (χ4v) is 5.56. The minimum Gasteiger partial charge on any atom is -0.195 e. The second-order valence-corrected chi connectivity index (χ2v) is 9.50. The highest BCUT2D eigenvalue weighted by molar-refractivity contribution is 5.25. The largest absolute Gasteiger partial charge is 0.196 e. The molecule has 2 aliphatic carbocycles. The predicted octanol–water partition coefficient (Wildman–Crippen LogP) is 8.27. The SMILES string of the molecule is CCc1ccc([C@H]2CC[C@H](CCCC[C@H]3CC[C@H](/C=C(/F)C#N)CC3)CC2)cc1. The van der Waals surface area contributed by atoms with Crippen molar-refractivity contribution in [3.8, 4) is 6.07 Å². The molecule has 0 radical (unpaired) electrons. The Morgan fingerprint density at radius 2 is 1.48 bits per heavy atom. The van der Waals surface area contributed by atoms with Crippen LogP contribution in [0.25, 0.3) is 0 Å². The Balaban J connectivity index is 1.27. The topological polar surface area (TPSA) is 23.8 Å². The van der Waals surface area contributed by atoms with Crippen LogP contribution in [0.2, 0.25) is 0 Å². The maximum Gasteiger partial charge on any atom is 0.196 e. The zero-order valence-corrected chi connectivity index (χ0v) is 18.2. The Bertz CT molecular complexity index is 667. The highest BCUT2D eigenvalue weighted by Gasteiger charge is 2.23. The number of nitriles is 1. The molecule has 0 spiro atoms. The summed E-state index contributed by atoms with van der Waals surface area (Å²) < 4.78 is 13.1. The van der Waals surface area contributed by atoms with Gasteiger partial charge in [0.15, 0.2) is 5.83 Å². The highest BCUT2D eigenvalue weighted by atomic mass is 19.1. The van der Waals surface area contributed by atoms with Crippen LogP contribution in [0.1, 0.15) is 101 Å². The Hall–Kier alpha value is -1.62. The Morgan fingerprint density at radius 1 is 0.931 bits per heavy atom. The molecule has 0 saturated heterocycles. The van der Waals surface area contributed by atoms with Crippen LogP contribution >= 0.6 is 0 Å². The Kier molecular flexibility index (Phi) is 8.78. The molecule has 0 bridgehead atoms. The molecule has 2 aliphatic rings. The van der Waals surface area contributed by atoms with Crippen molar-refractivity contribution in [3.05, 3.63) is 47.3 Å². The molecular weight excluding hydrogens is 357 g/mol. The van der Waals surface area contributed by atoms with Gasteiger partial charge in [-0.3, -0.25) is 0 Å². The van der Waals surface area contributed by atoms with Crippen LogP contribution in [-0.2, 0) is 6.42 Å². The van der Waals surface area contributed by atoms with Crippen molar-refractivity contribution in [3.63, 3.8) is 0 Å². The molecule has 0 aromatic heterocycles. The summed E-state index contributed by atoms with van der Waals surface area (Å²) in [6.45, 7) is 2.22. The summed E-state index contributed by atoms with van der Waals surface area (Å²) >= 11 is 0. The number of rotatable bonds is 8. The van der Waals surface area contributed by atoms with Gasteiger partial charge in [0.2, 0.25) is 0 Å². The van der Waals surface area contributed by atoms with Gasteiger partial charge in [-0.25, -0.2) is 0 Å². The van der Waals surface area contributed by atoms with Crippen LogP contribution in [0.15, 0.2) is 36.2 Å². The fourth-order valence-electron chi connectivity index (χ4n) is 5.56. The molecule has 2 fully saturated rings. The maximum atomic E-state index is 13.1. The zero-order valence-electron chi connectivity index (χ0n) is 18.2. The second-order valence-electron chi connectivity index (χ2n) is 9.50. The van der Waals surface area contributed by atoms with Crippen molar-refractivity contribution in [2.24, 2.45) is 17.8 Å². The minimum absolute atomic E-state index is 0.291. The average Bonchev–Trinajstić information content (AvgIpc) is 2.78. The highest BCUT2D eigenvalue weighted by Crippen LogP contribution is 2.38. The van der Waals surface area contributed by atoms with Crippen molar-refractivity contribution in [1.29, 1.82) is 5.26 Å². The van der Waals surface area contributed by atoms with Crippen molar-refractivity contribution >= 4 is 0 Å². The second kappa shape index (κ2) is 11.5. The summed E-state index contributed by atoms with van der Waals surface area (Å²) in [5.41, 5.74) is 3.00. The van der Waals surface area contributed by atoms with E-state index >= 15 is 0 Å². The van der Waals surface area contributed by atoms with Crippen molar-refractivity contribution in [2.45, 2.75) is 96.3 Å². The van der Waals surface area contributed by atoms with E-state index in [2.05, 4.69) is 31.2 Å². The standard InChI is InChI=1S/C27H38FN/c1-2-21-11-15-25(16-12-21)26-17-13-23(14-18-26)6-4-3-5-22-7-9-24(10-8-22)19-27(28)20-29/h11-12,15-16,19,22-24,26H,2-10,13-14,17-18H2,1H3/b27-19+/t22-,23-,24-,26-. The van der Waals surface area contributed by atoms with Gasteiger partial charge < -0.3 is 0 Å². The summed E-state index contributed by atoms with van der Waals surface area (Å²) in [6.07, 6.45) is 18.2. The zero-order chi connectivity index (χ0) is 20.5. The van der Waals surface area contributed by atoms with Crippen LogP contribution in [-0.4, -0.2) is 0 Å². The first-order valence-corrected chi connectivity index (χ1v) is 12.0. The van der Waals surface area contributed by atoms with E-state index in [1.54, 1.807) is 17.7 Å². The maximum absolute atomic E-state index is 13.1. The summed E-state index contributed by atoms with van der Waals surface area (Å²) in [4.78, 5) is 0. The lowest BCUT2D eigenvalue weighted by Crippen LogP contribution is -2.14. The Morgan fingerprint density at radius 3 is 2.00 bits per heavy atom. The molecule has 0 atom stereocenters. The third-order valence-electron chi connectivity index (χ3n) is 7.56. The van der Waals surface area contributed by atoms with Crippen LogP contribution in [0.5, 0.6) is 0 Å². The normalized spacial score (nSPS) is 28.1. The van der Waals surface area contributed by atoms with Gasteiger partial charge in [0, 0.05) is 0 Å². The van der Waals surface area contributed by atoms with Crippen molar-refractivity contribution in [2.75, 3.05) is 0 Å². The van der Waals surface area contributed by atoms with Gasteiger partial charge in [0.1, 0.15) is 6.07 Å². The third kappa shape index (κ3) is 6.98. The molecule has 3 rings (SSSR count). The molecule has 1 aromatic carbocycles. The molecule has 0 N–H and O–H groups in total. The smallest absolute Gasteiger partial charge is 0.195 e. The molecule has 0 heterocycles. The van der Waals surface area contributed by atoms with Gasteiger partial charge in [0.05, 0.1) is 0 Å². The summed E-state index contributed by atoms with van der Waals surface area (Å²) in [5, 5.41) is 8.57. The summed E-state index contributed by atoms with van der Waals surface area (Å²) in [5.74, 6) is 2.25. The molecule has 0 aliphatic heterocycles. The lowest BCUT2D eigenvalue weighted by atomic mass is 9.76. The molecule has 2 heteroatoms. The quantitative estimate of drug-likeness (QED) is 0.321. The molecule has 2 saturated carbocycles. The fraction of sp³-hybridized carbons (Fsp3) is 0.667. The van der Waals surface area contributed by atoms with E-state index in [9.17, 15) is 4.39 Å². The molecule has 1 nitrogen and oxygen atoms in total. The van der Waals surface area contributed by atoms with Gasteiger partial charge in [-0.05, 0) is 98.7 Å². The van der Waals surface area contributed by atoms with E-state index in [0.29, 0.717) is 5.92 Å². The minimum atomic E-state index is -0.596. The van der Waals surface area contributed by atoms with Crippen molar-refractivity contribution < 1.29 is 4.39 Å². The Labute approximate surface area is 177 Å². The first-order chi connectivity index (χ1) is 14.2. The third-order valence-corrected chi connectivity index (χ3v) is 7.56. The van der Waals surface area contributed by atoms with E-state index in [4.69, 9.17) is 5.26 Å². The van der Waals surface area contributed by atoms with E-state index in [0.717, 1.165) is 37.0 Å². The van der Waals surface area contributed by atoms with E-state index in [1.165, 1.54) is 69.8 Å². The molecule has 29 heavy (non-hydrogen) atoms. The van der Waals surface area contributed by atoms with Crippen LogP contribution in [0.3, 0.4) is 0 Å². The predicted molar refractivity (Wildman–Crippen MR) is 119 cm³/mol. The molecule has 0 unspecified atom stereocenters. The molecule has 158 valence electrons. The van der Waals surface area contributed by atoms with Crippen LogP contribution in [0, 0.1) is 29.1 Å². The van der Waals surface area contributed by atoms with E-state index < -0.39 is 5.83 Å². The molecular formula is C27H38FN. The van der Waals surface area contributed by atoms with Gasteiger partial charge in [0.25, 0.3) is 0 Å². The van der Waals surface area contributed by atoms with Gasteiger partial charge in [-0.1, -0.05) is 56.9 Å². The van der Waals surface area contributed by atoms with Crippen LogP contribution < -0.4 is 0 Å². The summed E-state index contributed by atoms with van der Waals surface area (Å²) in [7, 11) is 0. The summed E-state index contributed by atoms with van der Waals surface area (Å²) in [6, 6.07) is 11.0. The van der Waals surface area contributed by atoms with Crippen molar-refractivity contribution in [1.82, 2.24) is 0 Å². The van der Waals surface area contributed by atoms with Gasteiger partial charge >= 0.3 is 0 Å². The number of nitrogens with zero attached hydrogens (tertiary/aromatic N) is 1. The molecule has 0 amide bonds. The van der Waals surface area contributed by atoms with E-state index in [-0.39, 0.29) is 0 Å². The van der Waals surface area contributed by atoms with Gasteiger partial charge in [-0.15, -0.1) is 0 Å². The average molecular weight is 396 g/mol. The number of hydrogen-bond donors (Lipinski definition) is 0. The van der Waals surface area contributed by atoms with Crippen LogP contribution in [0.4, 0.5) is 4.39 Å². The van der Waals surface area contributed by atoms with E-state index in [1.807, 2.05) is 0 Å². The van der Waals surface area contributed by atoms with Gasteiger partial charge in [-0.2, -0.15) is 9.65 Å². The first-order valence-electron chi connectivity index (χ1n) is 12.0. The number of halogens is 1. The number of benzene rings is 1.